The number of carbonyl (C=O) groups excluding carboxylic acids is 1. The second-order valence-electron chi connectivity index (χ2n) is 6.50. The van der Waals surface area contributed by atoms with Crippen molar-refractivity contribution in [1.82, 2.24) is 4.90 Å². The molecule has 138 valence electrons. The third kappa shape index (κ3) is 4.43. The van der Waals surface area contributed by atoms with Gasteiger partial charge in [-0.2, -0.15) is 0 Å². The van der Waals surface area contributed by atoms with Crippen molar-refractivity contribution in [2.45, 2.75) is 25.8 Å². The van der Waals surface area contributed by atoms with Crippen LogP contribution in [-0.4, -0.2) is 43.3 Å². The zero-order valence-corrected chi connectivity index (χ0v) is 15.6. The second kappa shape index (κ2) is 7.91. The monoisotopic (exact) mass is 373 g/mol. The summed E-state index contributed by atoms with van der Waals surface area (Å²) >= 11 is 0. The molecule has 1 fully saturated rings. The Hall–Kier alpha value is -2.34. The molecule has 2 aromatic rings. The quantitative estimate of drug-likeness (QED) is 0.777. The van der Waals surface area contributed by atoms with E-state index in [0.717, 1.165) is 6.42 Å². The number of nitrogens with zero attached hydrogens (tertiary/aromatic N) is 1. The normalized spacial score (nSPS) is 18.4. The van der Waals surface area contributed by atoms with Crippen molar-refractivity contribution < 1.29 is 17.9 Å². The smallest absolute Gasteiger partial charge is 0.254 e. The van der Waals surface area contributed by atoms with Crippen LogP contribution in [0.1, 0.15) is 30.1 Å². The first-order valence-electron chi connectivity index (χ1n) is 8.83. The van der Waals surface area contributed by atoms with Gasteiger partial charge < -0.3 is 9.64 Å². The van der Waals surface area contributed by atoms with Crippen LogP contribution >= 0.6 is 0 Å². The van der Waals surface area contributed by atoms with E-state index in [1.54, 1.807) is 29.2 Å². The van der Waals surface area contributed by atoms with E-state index in [1.807, 2.05) is 37.3 Å². The van der Waals surface area contributed by atoms with Gasteiger partial charge in [0, 0.05) is 18.2 Å². The van der Waals surface area contributed by atoms with E-state index in [9.17, 15) is 13.2 Å². The number of rotatable bonds is 6. The largest absolute Gasteiger partial charge is 0.457 e. The van der Waals surface area contributed by atoms with Gasteiger partial charge in [-0.15, -0.1) is 0 Å². The molecular formula is C20H23NO4S. The molecule has 6 heteroatoms. The number of benzene rings is 2. The predicted octanol–water partition coefficient (Wildman–Crippen LogP) is 3.52. The van der Waals surface area contributed by atoms with Crippen LogP contribution in [-0.2, 0) is 9.84 Å². The maximum absolute atomic E-state index is 13.0. The van der Waals surface area contributed by atoms with Crippen LogP contribution in [0.25, 0.3) is 0 Å². The van der Waals surface area contributed by atoms with Gasteiger partial charge in [0.2, 0.25) is 0 Å². The van der Waals surface area contributed by atoms with E-state index in [1.165, 1.54) is 0 Å². The zero-order chi connectivity index (χ0) is 18.6. The summed E-state index contributed by atoms with van der Waals surface area (Å²) in [6.45, 7) is 2.53. The van der Waals surface area contributed by atoms with Gasteiger partial charge in [0.15, 0.2) is 9.84 Å². The fourth-order valence-corrected chi connectivity index (χ4v) is 4.93. The van der Waals surface area contributed by atoms with E-state index in [0.29, 0.717) is 30.0 Å². The Balaban J connectivity index is 1.80. The molecule has 0 radical (unpaired) electrons. The highest BCUT2D eigenvalue weighted by Crippen LogP contribution is 2.24. The van der Waals surface area contributed by atoms with Gasteiger partial charge in [-0.25, -0.2) is 8.42 Å². The van der Waals surface area contributed by atoms with Crippen LogP contribution in [0, 0.1) is 0 Å². The minimum atomic E-state index is -3.04. The molecule has 1 aliphatic heterocycles. The van der Waals surface area contributed by atoms with Crippen LogP contribution in [0.3, 0.4) is 0 Å². The van der Waals surface area contributed by atoms with E-state index >= 15 is 0 Å². The van der Waals surface area contributed by atoms with E-state index in [4.69, 9.17) is 4.74 Å². The molecule has 1 heterocycles. The van der Waals surface area contributed by atoms with Crippen molar-refractivity contribution >= 4 is 15.7 Å². The molecule has 1 amide bonds. The molecular weight excluding hydrogens is 350 g/mol. The fraction of sp³-hybridized carbons (Fsp3) is 0.350. The molecule has 0 saturated carbocycles. The topological polar surface area (TPSA) is 63.7 Å². The van der Waals surface area contributed by atoms with E-state index < -0.39 is 9.84 Å². The molecule has 0 aromatic heterocycles. The van der Waals surface area contributed by atoms with Gasteiger partial charge in [-0.3, -0.25) is 4.79 Å². The maximum Gasteiger partial charge on any atom is 0.254 e. The summed E-state index contributed by atoms with van der Waals surface area (Å²) in [5.74, 6) is 1.34. The summed E-state index contributed by atoms with van der Waals surface area (Å²) in [6.07, 6.45) is 1.29. The van der Waals surface area contributed by atoms with E-state index in [2.05, 4.69) is 0 Å². The average Bonchev–Trinajstić information content (AvgIpc) is 3.00. The van der Waals surface area contributed by atoms with Gasteiger partial charge in [-0.1, -0.05) is 31.2 Å². The minimum absolute atomic E-state index is 0.0545. The van der Waals surface area contributed by atoms with Gasteiger partial charge in [0.1, 0.15) is 11.5 Å². The Morgan fingerprint density at radius 2 is 1.85 bits per heavy atom. The van der Waals surface area contributed by atoms with Gasteiger partial charge in [0.25, 0.3) is 5.91 Å². The number of hydrogen-bond donors (Lipinski definition) is 0. The first kappa shape index (κ1) is 18.5. The van der Waals surface area contributed by atoms with Crippen molar-refractivity contribution in [2.24, 2.45) is 0 Å². The highest BCUT2D eigenvalue weighted by atomic mass is 32.2. The molecule has 2 aromatic carbocycles. The lowest BCUT2D eigenvalue weighted by Crippen LogP contribution is -2.41. The maximum atomic E-state index is 13.0. The Kier molecular flexibility index (Phi) is 5.61. The summed E-state index contributed by atoms with van der Waals surface area (Å²) in [4.78, 5) is 14.7. The van der Waals surface area contributed by atoms with Crippen LogP contribution < -0.4 is 4.74 Å². The van der Waals surface area contributed by atoms with Crippen LogP contribution in [0.2, 0.25) is 0 Å². The highest BCUT2D eigenvalue weighted by molar-refractivity contribution is 7.91. The molecule has 0 unspecified atom stereocenters. The highest BCUT2D eigenvalue weighted by Gasteiger charge is 2.34. The molecule has 1 aliphatic rings. The number of amides is 1. The summed E-state index contributed by atoms with van der Waals surface area (Å²) in [5.41, 5.74) is 0.510. The van der Waals surface area contributed by atoms with Crippen molar-refractivity contribution in [3.05, 3.63) is 60.2 Å². The molecule has 0 aliphatic carbocycles. The fourth-order valence-electron chi connectivity index (χ4n) is 3.20. The number of carbonyl (C=O) groups is 1. The average molecular weight is 373 g/mol. The molecule has 3 rings (SSSR count). The number of para-hydroxylation sites is 1. The SMILES string of the molecule is CCCN(C(=O)c1cccc(Oc2ccccc2)c1)[C@@H]1CCS(=O)(=O)C1. The summed E-state index contributed by atoms with van der Waals surface area (Å²) < 4.78 is 29.4. The Morgan fingerprint density at radius 3 is 2.50 bits per heavy atom. The second-order valence-corrected chi connectivity index (χ2v) is 8.73. The van der Waals surface area contributed by atoms with Crippen molar-refractivity contribution in [2.75, 3.05) is 18.1 Å². The van der Waals surface area contributed by atoms with Gasteiger partial charge in [-0.05, 0) is 43.2 Å². The van der Waals surface area contributed by atoms with Crippen LogP contribution in [0.15, 0.2) is 54.6 Å². The molecule has 5 nitrogen and oxygen atoms in total. The molecule has 1 saturated heterocycles. The summed E-state index contributed by atoms with van der Waals surface area (Å²) in [7, 11) is -3.04. The molecule has 0 N–H and O–H groups in total. The third-order valence-electron chi connectivity index (χ3n) is 4.43. The minimum Gasteiger partial charge on any atom is -0.457 e. The zero-order valence-electron chi connectivity index (χ0n) is 14.8. The molecule has 26 heavy (non-hydrogen) atoms. The lowest BCUT2D eigenvalue weighted by atomic mass is 10.1. The van der Waals surface area contributed by atoms with E-state index in [-0.39, 0.29) is 23.5 Å². The molecule has 1 atom stereocenters. The summed E-state index contributed by atoms with van der Waals surface area (Å²) in [6, 6.07) is 16.2. The first-order chi connectivity index (χ1) is 12.5. The first-order valence-corrected chi connectivity index (χ1v) is 10.6. The number of hydrogen-bond acceptors (Lipinski definition) is 4. The summed E-state index contributed by atoms with van der Waals surface area (Å²) in [5, 5.41) is 0. The Morgan fingerprint density at radius 1 is 1.12 bits per heavy atom. The predicted molar refractivity (Wildman–Crippen MR) is 101 cm³/mol. The Bertz CT molecular complexity index is 864. The number of sulfone groups is 1. The lowest BCUT2D eigenvalue weighted by molar-refractivity contribution is 0.0696. The lowest BCUT2D eigenvalue weighted by Gasteiger charge is -2.28. The third-order valence-corrected chi connectivity index (χ3v) is 6.18. The van der Waals surface area contributed by atoms with Crippen LogP contribution in [0.5, 0.6) is 11.5 Å². The van der Waals surface area contributed by atoms with Crippen molar-refractivity contribution in [1.29, 1.82) is 0 Å². The van der Waals surface area contributed by atoms with Gasteiger partial charge >= 0.3 is 0 Å². The standard InChI is InChI=1S/C20H23NO4S/c1-2-12-21(17-11-13-26(23,24)15-17)20(22)16-7-6-10-19(14-16)25-18-8-4-3-5-9-18/h3-10,14,17H,2,11-13,15H2,1H3/t17-/m1/s1. The van der Waals surface area contributed by atoms with Gasteiger partial charge in [0.05, 0.1) is 11.5 Å². The molecule has 0 bridgehead atoms. The molecule has 0 spiro atoms. The van der Waals surface area contributed by atoms with Crippen molar-refractivity contribution in [3.63, 3.8) is 0 Å². The van der Waals surface area contributed by atoms with Crippen LogP contribution in [0.4, 0.5) is 0 Å². The number of ether oxygens (including phenoxy) is 1. The van der Waals surface area contributed by atoms with Crippen molar-refractivity contribution in [3.8, 4) is 11.5 Å². The Labute approximate surface area is 154 Å².